The van der Waals surface area contributed by atoms with E-state index in [1.165, 1.54) is 6.92 Å². The molecule has 1 aromatic rings. The van der Waals surface area contributed by atoms with Crippen molar-refractivity contribution in [3.8, 4) is 0 Å². The van der Waals surface area contributed by atoms with Crippen molar-refractivity contribution in [2.75, 3.05) is 6.54 Å². The third-order valence-corrected chi connectivity index (χ3v) is 4.12. The highest BCUT2D eigenvalue weighted by Gasteiger charge is 2.27. The highest BCUT2D eigenvalue weighted by atomic mass is 32.2. The van der Waals surface area contributed by atoms with Crippen LogP contribution in [0.4, 0.5) is 13.2 Å². The molecule has 0 aliphatic rings. The molecule has 0 bridgehead atoms. The van der Waals surface area contributed by atoms with E-state index < -0.39 is 44.3 Å². The summed E-state index contributed by atoms with van der Waals surface area (Å²) in [5, 5.41) is 2.45. The topological polar surface area (TPSA) is 75.3 Å². The Balaban J connectivity index is 2.97. The summed E-state index contributed by atoms with van der Waals surface area (Å²) < 4.78 is 65.0. The number of amides is 1. The lowest BCUT2D eigenvalue weighted by atomic mass is 10.3. The lowest BCUT2D eigenvalue weighted by Gasteiger charge is -2.14. The molecule has 21 heavy (non-hydrogen) atoms. The summed E-state index contributed by atoms with van der Waals surface area (Å²) in [6.45, 7) is 3.41. The van der Waals surface area contributed by atoms with Gasteiger partial charge in [0, 0.05) is 6.54 Å². The smallest absolute Gasteiger partial charge is 0.244 e. The van der Waals surface area contributed by atoms with E-state index in [0.29, 0.717) is 25.1 Å². The van der Waals surface area contributed by atoms with Crippen LogP contribution in [-0.4, -0.2) is 26.9 Å². The van der Waals surface area contributed by atoms with Gasteiger partial charge in [0.2, 0.25) is 15.9 Å². The minimum Gasteiger partial charge on any atom is -0.355 e. The quantitative estimate of drug-likeness (QED) is 0.775. The van der Waals surface area contributed by atoms with Crippen molar-refractivity contribution in [3.05, 3.63) is 29.6 Å². The Bertz CT molecular complexity index is 635. The van der Waals surface area contributed by atoms with Gasteiger partial charge in [0.1, 0.15) is 4.90 Å². The molecule has 0 aliphatic heterocycles. The van der Waals surface area contributed by atoms with Crippen molar-refractivity contribution in [3.63, 3.8) is 0 Å². The molecule has 0 unspecified atom stereocenters. The fraction of sp³-hybridized carbons (Fsp3) is 0.417. The summed E-state index contributed by atoms with van der Waals surface area (Å²) in [6, 6.07) is -0.101. The maximum absolute atomic E-state index is 13.5. The molecule has 1 aromatic carbocycles. The number of carbonyl (C=O) groups is 1. The van der Waals surface area contributed by atoms with Crippen LogP contribution in [0.25, 0.3) is 0 Å². The van der Waals surface area contributed by atoms with E-state index in [1.54, 1.807) is 0 Å². The Morgan fingerprint density at radius 1 is 1.24 bits per heavy atom. The number of sulfonamides is 1. The van der Waals surface area contributed by atoms with E-state index >= 15 is 0 Å². The van der Waals surface area contributed by atoms with Crippen LogP contribution in [-0.2, 0) is 14.8 Å². The van der Waals surface area contributed by atoms with Crippen LogP contribution in [0.3, 0.4) is 0 Å². The predicted molar refractivity (Wildman–Crippen MR) is 69.4 cm³/mol. The Morgan fingerprint density at radius 3 is 2.43 bits per heavy atom. The molecule has 0 fully saturated rings. The van der Waals surface area contributed by atoms with Crippen LogP contribution in [0.2, 0.25) is 0 Å². The zero-order chi connectivity index (χ0) is 16.2. The van der Waals surface area contributed by atoms with Gasteiger partial charge >= 0.3 is 0 Å². The first-order chi connectivity index (χ1) is 9.70. The minimum atomic E-state index is -4.49. The predicted octanol–water partition coefficient (Wildman–Crippen LogP) is 1.30. The second-order valence-corrected chi connectivity index (χ2v) is 5.99. The summed E-state index contributed by atoms with van der Waals surface area (Å²) in [5.74, 6) is -5.83. The maximum atomic E-state index is 13.5. The lowest BCUT2D eigenvalue weighted by Crippen LogP contribution is -2.45. The van der Waals surface area contributed by atoms with Crippen LogP contribution in [0.1, 0.15) is 20.3 Å². The first-order valence-electron chi connectivity index (χ1n) is 6.14. The Hall–Kier alpha value is -1.61. The molecule has 9 heteroatoms. The molecule has 0 spiro atoms. The third kappa shape index (κ3) is 4.18. The Morgan fingerprint density at radius 2 is 1.86 bits per heavy atom. The first-order valence-corrected chi connectivity index (χ1v) is 7.62. The molecule has 1 atom stereocenters. The molecule has 118 valence electrons. The zero-order valence-corrected chi connectivity index (χ0v) is 12.2. The second kappa shape index (κ2) is 6.90. The Labute approximate surface area is 120 Å². The van der Waals surface area contributed by atoms with Crippen molar-refractivity contribution >= 4 is 15.9 Å². The molecule has 0 saturated carbocycles. The molecule has 1 amide bonds. The van der Waals surface area contributed by atoms with Gasteiger partial charge in [-0.25, -0.2) is 21.6 Å². The lowest BCUT2D eigenvalue weighted by molar-refractivity contribution is -0.122. The van der Waals surface area contributed by atoms with Gasteiger partial charge in [-0.3, -0.25) is 4.79 Å². The van der Waals surface area contributed by atoms with E-state index in [1.807, 2.05) is 11.6 Å². The molecule has 0 aromatic heterocycles. The van der Waals surface area contributed by atoms with E-state index in [2.05, 4.69) is 5.32 Å². The minimum absolute atomic E-state index is 0.352. The fourth-order valence-corrected chi connectivity index (χ4v) is 2.74. The highest BCUT2D eigenvalue weighted by Crippen LogP contribution is 2.19. The normalized spacial score (nSPS) is 13.0. The van der Waals surface area contributed by atoms with E-state index in [4.69, 9.17) is 0 Å². The molecule has 0 saturated heterocycles. The summed E-state index contributed by atoms with van der Waals surface area (Å²) in [5.41, 5.74) is 0. The van der Waals surface area contributed by atoms with E-state index in [-0.39, 0.29) is 0 Å². The number of nitrogens with one attached hydrogen (secondary N) is 2. The van der Waals surface area contributed by atoms with Gasteiger partial charge in [-0.05, 0) is 25.5 Å². The van der Waals surface area contributed by atoms with Crippen LogP contribution in [0.5, 0.6) is 0 Å². The molecule has 0 heterocycles. The number of hydrogen-bond acceptors (Lipinski definition) is 3. The molecule has 0 radical (unpaired) electrons. The summed E-state index contributed by atoms with van der Waals surface area (Å²) in [6.07, 6.45) is 0.656. The van der Waals surface area contributed by atoms with Gasteiger partial charge in [0.15, 0.2) is 17.5 Å². The van der Waals surface area contributed by atoms with Crippen molar-refractivity contribution in [2.24, 2.45) is 0 Å². The molecule has 0 aliphatic carbocycles. The first kappa shape index (κ1) is 17.4. The van der Waals surface area contributed by atoms with Gasteiger partial charge in [-0.15, -0.1) is 0 Å². The van der Waals surface area contributed by atoms with Gasteiger partial charge in [0.25, 0.3) is 0 Å². The van der Waals surface area contributed by atoms with Crippen LogP contribution in [0, 0.1) is 17.5 Å². The van der Waals surface area contributed by atoms with Crippen LogP contribution < -0.4 is 10.0 Å². The number of hydrogen-bond donors (Lipinski definition) is 2. The molecule has 2 N–H and O–H groups in total. The largest absolute Gasteiger partial charge is 0.355 e. The van der Waals surface area contributed by atoms with Crippen molar-refractivity contribution in [1.82, 2.24) is 10.0 Å². The molecular formula is C12H15F3N2O3S. The zero-order valence-electron chi connectivity index (χ0n) is 11.4. The summed E-state index contributed by atoms with van der Waals surface area (Å²) >= 11 is 0. The average Bonchev–Trinajstić information content (AvgIpc) is 2.41. The van der Waals surface area contributed by atoms with Gasteiger partial charge in [-0.2, -0.15) is 4.72 Å². The van der Waals surface area contributed by atoms with Crippen LogP contribution >= 0.6 is 0 Å². The van der Waals surface area contributed by atoms with E-state index in [0.717, 1.165) is 0 Å². The monoisotopic (exact) mass is 324 g/mol. The summed E-state index contributed by atoms with van der Waals surface area (Å²) in [4.78, 5) is 10.5. The maximum Gasteiger partial charge on any atom is 0.244 e. The standard InChI is InChI=1S/C12H15F3N2O3S/c1-3-6-16-12(18)7(2)17-21(19,20)9-5-4-8(13)10(14)11(9)15/h4-5,7,17H,3,6H2,1-2H3,(H,16,18)/t7-/m1/s1. The second-order valence-electron chi connectivity index (χ2n) is 4.31. The molecular weight excluding hydrogens is 309 g/mol. The fourth-order valence-electron chi connectivity index (χ4n) is 1.47. The SMILES string of the molecule is CCCNC(=O)[C@@H](C)NS(=O)(=O)c1ccc(F)c(F)c1F. The van der Waals surface area contributed by atoms with Gasteiger partial charge in [-0.1, -0.05) is 6.92 Å². The van der Waals surface area contributed by atoms with Gasteiger partial charge < -0.3 is 5.32 Å². The van der Waals surface area contributed by atoms with Crippen molar-refractivity contribution < 1.29 is 26.4 Å². The number of rotatable bonds is 6. The van der Waals surface area contributed by atoms with Crippen LogP contribution in [0.15, 0.2) is 17.0 Å². The summed E-state index contributed by atoms with van der Waals surface area (Å²) in [7, 11) is -4.49. The molecule has 5 nitrogen and oxygen atoms in total. The Kier molecular flexibility index (Phi) is 5.73. The van der Waals surface area contributed by atoms with Crippen molar-refractivity contribution in [1.29, 1.82) is 0 Å². The van der Waals surface area contributed by atoms with Gasteiger partial charge in [0.05, 0.1) is 6.04 Å². The molecule has 1 rings (SSSR count). The highest BCUT2D eigenvalue weighted by molar-refractivity contribution is 7.89. The van der Waals surface area contributed by atoms with Crippen molar-refractivity contribution in [2.45, 2.75) is 31.2 Å². The number of halogens is 3. The number of carbonyl (C=O) groups excluding carboxylic acids is 1. The van der Waals surface area contributed by atoms with E-state index in [9.17, 15) is 26.4 Å². The average molecular weight is 324 g/mol. The third-order valence-electron chi connectivity index (χ3n) is 2.56. The number of benzene rings is 1.